The fourth-order valence-electron chi connectivity index (χ4n) is 3.89. The van der Waals surface area contributed by atoms with E-state index < -0.39 is 0 Å². The molecule has 4 rings (SSSR count). The Morgan fingerprint density at radius 1 is 1.17 bits per heavy atom. The normalized spacial score (nSPS) is 14.7. The molecule has 0 radical (unpaired) electrons. The molecule has 0 N–H and O–H groups in total. The van der Waals surface area contributed by atoms with Crippen molar-refractivity contribution >= 4 is 40.6 Å². The Hall–Kier alpha value is -2.43. The molecule has 1 aliphatic rings. The number of halogens is 3. The van der Waals surface area contributed by atoms with Crippen molar-refractivity contribution in [2.24, 2.45) is 0 Å². The topological polar surface area (TPSA) is 34.9 Å². The number of aromatic nitrogens is 2. The van der Waals surface area contributed by atoms with Crippen molar-refractivity contribution in [3.8, 4) is 5.69 Å². The van der Waals surface area contributed by atoms with E-state index in [-0.39, 0.29) is 11.6 Å². The summed E-state index contributed by atoms with van der Waals surface area (Å²) in [4.78, 5) is 12.8. The maximum atomic E-state index is 13.3. The molecule has 0 saturated carbocycles. The third kappa shape index (κ3) is 4.07. The van der Waals surface area contributed by atoms with Gasteiger partial charge in [-0.1, -0.05) is 42.3 Å². The minimum atomic E-state index is -0.271. The average molecular weight is 443 g/mol. The molecule has 0 spiro atoms. The van der Waals surface area contributed by atoms with Gasteiger partial charge in [0, 0.05) is 17.0 Å². The molecule has 3 aromatic rings. The van der Waals surface area contributed by atoms with E-state index in [1.165, 1.54) is 12.1 Å². The molecule has 154 valence electrons. The van der Waals surface area contributed by atoms with Crippen LogP contribution in [0.3, 0.4) is 0 Å². The molecule has 0 aliphatic heterocycles. The molecule has 2 aromatic carbocycles. The van der Waals surface area contributed by atoms with E-state index in [2.05, 4.69) is 0 Å². The lowest BCUT2D eigenvalue weighted by Crippen LogP contribution is -2.08. The highest BCUT2D eigenvalue weighted by Crippen LogP contribution is 2.38. The van der Waals surface area contributed by atoms with Gasteiger partial charge in [-0.3, -0.25) is 4.79 Å². The molecule has 1 aromatic heterocycles. The molecular weight excluding hydrogens is 422 g/mol. The highest BCUT2D eigenvalue weighted by Gasteiger charge is 2.28. The summed E-state index contributed by atoms with van der Waals surface area (Å²) in [6.07, 6.45) is 5.80. The number of fused-ring (bicyclic) bond motifs is 1. The summed E-state index contributed by atoms with van der Waals surface area (Å²) in [5.74, 6) is -0.229. The lowest BCUT2D eigenvalue weighted by Gasteiger charge is -2.19. The van der Waals surface area contributed by atoms with Crippen LogP contribution in [0.25, 0.3) is 17.3 Å². The summed E-state index contributed by atoms with van der Waals surface area (Å²) in [7, 11) is 0. The van der Waals surface area contributed by atoms with Gasteiger partial charge in [-0.25, -0.2) is 9.07 Å². The number of hydrogen-bond donors (Lipinski definition) is 0. The van der Waals surface area contributed by atoms with Crippen LogP contribution >= 0.6 is 23.2 Å². The van der Waals surface area contributed by atoms with Gasteiger partial charge in [-0.05, 0) is 73.2 Å². The molecule has 0 fully saturated rings. The summed E-state index contributed by atoms with van der Waals surface area (Å²) in [5.41, 5.74) is 5.00. The van der Waals surface area contributed by atoms with E-state index in [0.717, 1.165) is 48.1 Å². The van der Waals surface area contributed by atoms with Crippen LogP contribution in [-0.2, 0) is 6.42 Å². The minimum absolute atomic E-state index is 0.0422. The van der Waals surface area contributed by atoms with Gasteiger partial charge in [-0.15, -0.1) is 0 Å². The predicted molar refractivity (Wildman–Crippen MR) is 120 cm³/mol. The summed E-state index contributed by atoms with van der Waals surface area (Å²) in [6, 6.07) is 11.6. The molecule has 30 heavy (non-hydrogen) atoms. The zero-order valence-electron chi connectivity index (χ0n) is 16.6. The minimum Gasteiger partial charge on any atom is -0.292 e. The van der Waals surface area contributed by atoms with Crippen LogP contribution in [0.15, 0.2) is 42.5 Å². The number of carbonyl (C=O) groups excluding carboxylic acids is 1. The van der Waals surface area contributed by atoms with Gasteiger partial charge in [-0.2, -0.15) is 5.10 Å². The third-order valence-corrected chi connectivity index (χ3v) is 5.79. The fraction of sp³-hybridized carbons (Fsp3) is 0.250. The molecular formula is C24H21Cl2FN2O. The van der Waals surface area contributed by atoms with Crippen LogP contribution < -0.4 is 0 Å². The van der Waals surface area contributed by atoms with E-state index >= 15 is 0 Å². The second kappa shape index (κ2) is 8.75. The van der Waals surface area contributed by atoms with Crippen molar-refractivity contribution in [2.45, 2.75) is 39.0 Å². The van der Waals surface area contributed by atoms with Gasteiger partial charge in [0.15, 0.2) is 5.78 Å². The zero-order chi connectivity index (χ0) is 21.3. The molecule has 0 atom stereocenters. The molecule has 6 heteroatoms. The number of ketones is 1. The molecule has 0 bridgehead atoms. The predicted octanol–water partition coefficient (Wildman–Crippen LogP) is 7.18. The van der Waals surface area contributed by atoms with Gasteiger partial charge in [0.1, 0.15) is 11.5 Å². The van der Waals surface area contributed by atoms with Crippen LogP contribution in [0.1, 0.15) is 59.9 Å². The first-order chi connectivity index (χ1) is 14.5. The SMILES string of the molecule is CCCC(=O)c1nn(-c2ccc(Cl)cc2Cl)c2c1CCC/C2=C\c1ccc(F)cc1. The smallest absolute Gasteiger partial charge is 0.183 e. The second-order valence-corrected chi connectivity index (χ2v) is 8.27. The standard InChI is InChI=1S/C24H21Cl2FN2O/c1-2-4-22(30)23-19-6-3-5-16(13-15-7-10-18(27)11-8-15)24(19)29(28-23)21-12-9-17(25)14-20(21)26/h7-14H,2-6H2,1H3/b16-13+. The van der Waals surface area contributed by atoms with Crippen LogP contribution in [-0.4, -0.2) is 15.6 Å². The largest absolute Gasteiger partial charge is 0.292 e. The number of benzene rings is 2. The average Bonchev–Trinajstić information content (AvgIpc) is 3.10. The molecule has 1 aliphatic carbocycles. The summed E-state index contributed by atoms with van der Waals surface area (Å²) in [5, 5.41) is 5.72. The molecule has 0 saturated heterocycles. The maximum Gasteiger partial charge on any atom is 0.183 e. The summed E-state index contributed by atoms with van der Waals surface area (Å²) >= 11 is 12.6. The Labute approximate surface area is 185 Å². The van der Waals surface area contributed by atoms with Crippen molar-refractivity contribution in [2.75, 3.05) is 0 Å². The third-order valence-electron chi connectivity index (χ3n) is 5.25. The van der Waals surface area contributed by atoms with Crippen LogP contribution in [0.4, 0.5) is 4.39 Å². The first-order valence-corrected chi connectivity index (χ1v) is 10.8. The van der Waals surface area contributed by atoms with E-state index in [0.29, 0.717) is 27.8 Å². The van der Waals surface area contributed by atoms with Gasteiger partial charge < -0.3 is 0 Å². The summed E-state index contributed by atoms with van der Waals surface area (Å²) < 4.78 is 15.1. The number of nitrogens with zero attached hydrogens (tertiary/aromatic N) is 2. The number of carbonyl (C=O) groups is 1. The molecule has 1 heterocycles. The van der Waals surface area contributed by atoms with E-state index in [1.54, 1.807) is 28.9 Å². The molecule has 3 nitrogen and oxygen atoms in total. The number of rotatable bonds is 5. The molecule has 0 amide bonds. The number of allylic oxidation sites excluding steroid dienone is 1. The Morgan fingerprint density at radius 2 is 1.93 bits per heavy atom. The summed E-state index contributed by atoms with van der Waals surface area (Å²) in [6.45, 7) is 1.98. The van der Waals surface area contributed by atoms with Gasteiger partial charge >= 0.3 is 0 Å². The van der Waals surface area contributed by atoms with Crippen LogP contribution in [0, 0.1) is 5.82 Å². The van der Waals surface area contributed by atoms with Crippen molar-refractivity contribution in [3.63, 3.8) is 0 Å². The van der Waals surface area contributed by atoms with Crippen molar-refractivity contribution < 1.29 is 9.18 Å². The van der Waals surface area contributed by atoms with Gasteiger partial charge in [0.2, 0.25) is 0 Å². The molecule has 0 unspecified atom stereocenters. The maximum absolute atomic E-state index is 13.3. The quantitative estimate of drug-likeness (QED) is 0.392. The van der Waals surface area contributed by atoms with Crippen molar-refractivity contribution in [1.82, 2.24) is 9.78 Å². The van der Waals surface area contributed by atoms with Crippen molar-refractivity contribution in [1.29, 1.82) is 0 Å². The Morgan fingerprint density at radius 3 is 2.63 bits per heavy atom. The van der Waals surface area contributed by atoms with Gasteiger partial charge in [0.25, 0.3) is 0 Å². The number of Topliss-reactive ketones (excluding diaryl/α,β-unsaturated/α-hetero) is 1. The Bertz CT molecular complexity index is 1130. The highest BCUT2D eigenvalue weighted by molar-refractivity contribution is 6.35. The lowest BCUT2D eigenvalue weighted by molar-refractivity contribution is 0.0975. The zero-order valence-corrected chi connectivity index (χ0v) is 18.1. The monoisotopic (exact) mass is 442 g/mol. The second-order valence-electron chi connectivity index (χ2n) is 7.43. The van der Waals surface area contributed by atoms with E-state index in [4.69, 9.17) is 28.3 Å². The lowest BCUT2D eigenvalue weighted by atomic mass is 9.88. The van der Waals surface area contributed by atoms with Crippen LogP contribution in [0.5, 0.6) is 0 Å². The highest BCUT2D eigenvalue weighted by atomic mass is 35.5. The van der Waals surface area contributed by atoms with Crippen LogP contribution in [0.2, 0.25) is 10.0 Å². The number of hydrogen-bond acceptors (Lipinski definition) is 2. The Balaban J connectivity index is 1.92. The van der Waals surface area contributed by atoms with Crippen molar-refractivity contribution in [3.05, 3.63) is 80.8 Å². The van der Waals surface area contributed by atoms with E-state index in [9.17, 15) is 9.18 Å². The fourth-order valence-corrected chi connectivity index (χ4v) is 4.38. The van der Waals surface area contributed by atoms with E-state index in [1.807, 2.05) is 19.1 Å². The van der Waals surface area contributed by atoms with Gasteiger partial charge in [0.05, 0.1) is 16.4 Å². The first-order valence-electron chi connectivity index (χ1n) is 10.0. The first kappa shape index (κ1) is 20.8. The Kier molecular flexibility index (Phi) is 6.07.